The van der Waals surface area contributed by atoms with Gasteiger partial charge >= 0.3 is 17.9 Å². The van der Waals surface area contributed by atoms with E-state index in [1.165, 1.54) is 40.6 Å². The topological polar surface area (TPSA) is 101 Å². The van der Waals surface area contributed by atoms with Crippen LogP contribution in [0.15, 0.2) is 0 Å². The van der Waals surface area contributed by atoms with Gasteiger partial charge in [0.2, 0.25) is 0 Å². The Labute approximate surface area is 156 Å². The number of unbranched alkanes of at least 4 members (excludes halogenated alkanes) is 2. The van der Waals surface area contributed by atoms with Crippen LogP contribution in [0.3, 0.4) is 0 Å². The highest BCUT2D eigenvalue weighted by molar-refractivity contribution is 9.12. The normalized spacial score (nSPS) is 11.0. The van der Waals surface area contributed by atoms with Gasteiger partial charge in [0.05, 0.1) is 29.4 Å². The molecule has 0 aromatic rings. The minimum Gasteiger partial charge on any atom is -0.481 e. The summed E-state index contributed by atoms with van der Waals surface area (Å²) in [6.07, 6.45) is 4.19. The molecule has 2 N–H and O–H groups in total. The van der Waals surface area contributed by atoms with Crippen molar-refractivity contribution in [3.63, 3.8) is 0 Å². The molecule has 0 atom stereocenters. The Bertz CT molecular complexity index is 377. The molecule has 10 heteroatoms. The summed E-state index contributed by atoms with van der Waals surface area (Å²) in [6.45, 7) is 4.76. The van der Waals surface area contributed by atoms with Crippen LogP contribution in [-0.4, -0.2) is 52.0 Å². The molecule has 0 unspecified atom stereocenters. The molecule has 6 nitrogen and oxygen atoms in total. The Hall–Kier alpha value is -0.110. The second-order valence-corrected chi connectivity index (χ2v) is 15.1. The molecule has 0 saturated carbocycles. The Kier molecular flexibility index (Phi) is 15.1. The summed E-state index contributed by atoms with van der Waals surface area (Å²) in [5.74, 6) is -1.62. The van der Waals surface area contributed by atoms with E-state index in [1.54, 1.807) is 0 Å². The van der Waals surface area contributed by atoms with Crippen molar-refractivity contribution in [2.45, 2.75) is 39.5 Å². The Morgan fingerprint density at radius 1 is 0.917 bits per heavy atom. The van der Waals surface area contributed by atoms with Crippen molar-refractivity contribution in [1.82, 2.24) is 0 Å². The number of aliphatic carboxylic acids is 2. The highest BCUT2D eigenvalue weighted by atomic mass is 33.4. The highest BCUT2D eigenvalue weighted by Gasteiger charge is 2.17. The maximum Gasteiger partial charge on any atom is 0.316 e. The Morgan fingerprint density at radius 2 is 1.46 bits per heavy atom. The first kappa shape index (κ1) is 23.9. The average Bonchev–Trinajstić information content (AvgIpc) is 2.49. The van der Waals surface area contributed by atoms with Gasteiger partial charge in [0.15, 0.2) is 0 Å². The van der Waals surface area contributed by atoms with E-state index in [0.717, 1.165) is 19.3 Å². The number of esters is 1. The predicted molar refractivity (Wildman–Crippen MR) is 104 cm³/mol. The van der Waals surface area contributed by atoms with Crippen molar-refractivity contribution in [3.8, 4) is 0 Å². The van der Waals surface area contributed by atoms with Crippen LogP contribution in [0.5, 0.6) is 0 Å². The quantitative estimate of drug-likeness (QED) is 0.229. The van der Waals surface area contributed by atoms with Crippen LogP contribution in [0.1, 0.15) is 39.5 Å². The molecule has 0 bridgehead atoms. The SMILES string of the molecule is CC(C)CCCCCOC(=O)CSP(SCC(=O)O)SCC(=O)O. The fraction of sp³-hybridized carbons (Fsp3) is 0.786. The zero-order chi connectivity index (χ0) is 18.4. The number of hydrogen-bond acceptors (Lipinski definition) is 7. The maximum absolute atomic E-state index is 11.7. The van der Waals surface area contributed by atoms with Gasteiger partial charge in [-0.1, -0.05) is 33.1 Å². The molecule has 0 aromatic heterocycles. The van der Waals surface area contributed by atoms with Crippen molar-refractivity contribution in [2.75, 3.05) is 23.9 Å². The molecule has 0 radical (unpaired) electrons. The molecule has 0 aromatic carbocycles. The fourth-order valence-electron chi connectivity index (χ4n) is 1.49. The third-order valence-corrected chi connectivity index (χ3v) is 13.1. The van der Waals surface area contributed by atoms with Gasteiger partial charge in [0.25, 0.3) is 0 Å². The molecule has 0 aliphatic heterocycles. The number of carbonyl (C=O) groups excluding carboxylic acids is 1. The zero-order valence-electron chi connectivity index (χ0n) is 13.9. The van der Waals surface area contributed by atoms with Crippen LogP contribution in [0.2, 0.25) is 0 Å². The van der Waals surface area contributed by atoms with Crippen LogP contribution in [0.4, 0.5) is 0 Å². The number of carboxylic acid groups (broad SMARTS) is 2. The number of carbonyl (C=O) groups is 3. The largest absolute Gasteiger partial charge is 0.481 e. The van der Waals surface area contributed by atoms with Crippen LogP contribution in [0, 0.1) is 5.92 Å². The summed E-state index contributed by atoms with van der Waals surface area (Å²) >= 11 is 3.62. The van der Waals surface area contributed by atoms with Gasteiger partial charge in [-0.25, -0.2) is 0 Å². The molecule has 0 amide bonds. The van der Waals surface area contributed by atoms with Gasteiger partial charge < -0.3 is 14.9 Å². The Balaban J connectivity index is 3.89. The van der Waals surface area contributed by atoms with E-state index in [2.05, 4.69) is 13.8 Å². The van der Waals surface area contributed by atoms with Crippen molar-refractivity contribution in [3.05, 3.63) is 0 Å². The first-order valence-electron chi connectivity index (χ1n) is 7.59. The molecule has 0 heterocycles. The second kappa shape index (κ2) is 15.2. The number of ether oxygens (including phenoxy) is 1. The van der Waals surface area contributed by atoms with E-state index < -0.39 is 17.5 Å². The van der Waals surface area contributed by atoms with Gasteiger partial charge in [-0.3, -0.25) is 14.4 Å². The van der Waals surface area contributed by atoms with E-state index >= 15 is 0 Å². The fourth-order valence-corrected chi connectivity index (χ4v) is 9.90. The van der Waals surface area contributed by atoms with Crippen molar-refractivity contribution >= 4 is 57.6 Å². The van der Waals surface area contributed by atoms with Gasteiger partial charge in [0.1, 0.15) is 0 Å². The summed E-state index contributed by atoms with van der Waals surface area (Å²) in [6, 6.07) is 0. The summed E-state index contributed by atoms with van der Waals surface area (Å²) in [4.78, 5) is 32.9. The van der Waals surface area contributed by atoms with Gasteiger partial charge in [-0.2, -0.15) is 0 Å². The van der Waals surface area contributed by atoms with Crippen LogP contribution in [0.25, 0.3) is 0 Å². The molecule has 24 heavy (non-hydrogen) atoms. The maximum atomic E-state index is 11.7. The molecule has 0 spiro atoms. The minimum absolute atomic E-state index is 0.101. The molecule has 0 aliphatic rings. The van der Waals surface area contributed by atoms with E-state index in [4.69, 9.17) is 14.9 Å². The lowest BCUT2D eigenvalue weighted by molar-refractivity contribution is -0.140. The Morgan fingerprint density at radius 3 is 1.96 bits per heavy atom. The third-order valence-electron chi connectivity index (χ3n) is 2.56. The standard InChI is InChI=1S/C14H25O6PS3/c1-11(2)6-4-3-5-7-20-14(19)10-24-21(22-8-12(15)16)23-9-13(17)18/h11H,3-10H2,1-2H3,(H,15,16)(H,17,18). The molecule has 0 fully saturated rings. The zero-order valence-corrected chi connectivity index (χ0v) is 17.3. The number of hydrogen-bond donors (Lipinski definition) is 2. The van der Waals surface area contributed by atoms with E-state index in [9.17, 15) is 14.4 Å². The average molecular weight is 417 g/mol. The smallest absolute Gasteiger partial charge is 0.316 e. The summed E-state index contributed by atoms with van der Waals surface area (Å²) < 4.78 is 5.15. The van der Waals surface area contributed by atoms with Crippen molar-refractivity contribution in [1.29, 1.82) is 0 Å². The lowest BCUT2D eigenvalue weighted by atomic mass is 10.1. The third kappa shape index (κ3) is 16.7. The van der Waals surface area contributed by atoms with Crippen LogP contribution in [-0.2, 0) is 19.1 Å². The first-order valence-corrected chi connectivity index (χ1v) is 13.7. The molecular weight excluding hydrogens is 391 g/mol. The second-order valence-electron chi connectivity index (χ2n) is 5.30. The van der Waals surface area contributed by atoms with E-state index in [0.29, 0.717) is 12.5 Å². The molecule has 0 rings (SSSR count). The van der Waals surface area contributed by atoms with Gasteiger partial charge in [0, 0.05) is 0 Å². The first-order chi connectivity index (χ1) is 11.3. The molecule has 140 valence electrons. The van der Waals surface area contributed by atoms with E-state index in [1.807, 2.05) is 0 Å². The minimum atomic E-state index is -1.00. The summed E-state index contributed by atoms with van der Waals surface area (Å²) in [7, 11) is 0. The highest BCUT2D eigenvalue weighted by Crippen LogP contribution is 2.70. The molecule has 0 saturated heterocycles. The lowest BCUT2D eigenvalue weighted by Crippen LogP contribution is -2.08. The molecule has 0 aliphatic carbocycles. The summed E-state index contributed by atoms with van der Waals surface area (Å²) in [5, 5.41) is 17.4. The summed E-state index contributed by atoms with van der Waals surface area (Å²) in [5.41, 5.74) is -1.00. The monoisotopic (exact) mass is 416 g/mol. The lowest BCUT2D eigenvalue weighted by Gasteiger charge is -2.13. The van der Waals surface area contributed by atoms with Gasteiger partial charge in [-0.15, -0.1) is 34.1 Å². The molecular formula is C14H25O6PS3. The van der Waals surface area contributed by atoms with Crippen molar-refractivity contribution in [2.24, 2.45) is 5.92 Å². The van der Waals surface area contributed by atoms with Crippen molar-refractivity contribution < 1.29 is 29.3 Å². The number of rotatable bonds is 15. The number of carboxylic acids is 2. The predicted octanol–water partition coefficient (Wildman–Crippen LogP) is 4.34. The van der Waals surface area contributed by atoms with Crippen LogP contribution >= 0.6 is 39.7 Å². The van der Waals surface area contributed by atoms with Gasteiger partial charge in [-0.05, 0) is 12.3 Å². The van der Waals surface area contributed by atoms with E-state index in [-0.39, 0.29) is 23.2 Å². The van der Waals surface area contributed by atoms with Crippen LogP contribution < -0.4 is 0 Å².